The number of para-hydroxylation sites is 1. The van der Waals surface area contributed by atoms with E-state index in [4.69, 9.17) is 0 Å². The molecule has 0 amide bonds. The summed E-state index contributed by atoms with van der Waals surface area (Å²) in [6.07, 6.45) is 5.17. The van der Waals surface area contributed by atoms with Crippen molar-refractivity contribution < 1.29 is 13.2 Å². The number of anilines is 1. The molecule has 1 saturated carbocycles. The van der Waals surface area contributed by atoms with E-state index in [1.54, 1.807) is 12.1 Å². The predicted octanol–water partition coefficient (Wildman–Crippen LogP) is 5.85. The van der Waals surface area contributed by atoms with E-state index >= 15 is 0 Å². The molecule has 4 rings (SSSR count). The molecular formula is C22H28F3N3. The van der Waals surface area contributed by atoms with Crippen molar-refractivity contribution in [2.75, 3.05) is 25.0 Å². The first-order chi connectivity index (χ1) is 13.5. The van der Waals surface area contributed by atoms with Gasteiger partial charge in [0.2, 0.25) is 0 Å². The van der Waals surface area contributed by atoms with E-state index in [-0.39, 0.29) is 5.54 Å². The van der Waals surface area contributed by atoms with Gasteiger partial charge in [0.05, 0.1) is 5.52 Å². The van der Waals surface area contributed by atoms with E-state index < -0.39 is 11.9 Å². The van der Waals surface area contributed by atoms with E-state index in [0.717, 1.165) is 31.3 Å². The molecule has 0 atom stereocenters. The lowest BCUT2D eigenvalue weighted by atomic mass is 9.79. The fraction of sp³-hybridized carbons (Fsp3) is 0.591. The van der Waals surface area contributed by atoms with Crippen LogP contribution in [0.3, 0.4) is 0 Å². The van der Waals surface area contributed by atoms with Crippen molar-refractivity contribution in [2.45, 2.75) is 63.1 Å². The molecule has 28 heavy (non-hydrogen) atoms. The lowest BCUT2D eigenvalue weighted by Crippen LogP contribution is -2.56. The molecule has 152 valence electrons. The molecule has 2 fully saturated rings. The largest absolute Gasteiger partial charge is 0.433 e. The first-order valence-corrected chi connectivity index (χ1v) is 10.4. The minimum absolute atomic E-state index is 0.0570. The second kappa shape index (κ2) is 7.90. The van der Waals surface area contributed by atoms with Crippen LogP contribution < -0.4 is 5.32 Å². The minimum atomic E-state index is -4.45. The standard InChI is InChI=1S/C22H28F3N3/c23-22(24,25)20-15-19(17-9-3-4-10-18(17)27-20)26-16-21(11-5-1-6-12-21)28-13-7-2-8-14-28/h3-4,9-10,15H,1-2,5-8,11-14,16H2,(H,26,27). The Morgan fingerprint density at radius 1 is 0.964 bits per heavy atom. The lowest BCUT2D eigenvalue weighted by molar-refractivity contribution is -0.140. The summed E-state index contributed by atoms with van der Waals surface area (Å²) in [5, 5.41) is 4.18. The molecule has 2 heterocycles. The number of likely N-dealkylation sites (tertiary alicyclic amines) is 1. The molecule has 1 aliphatic heterocycles. The number of nitrogens with one attached hydrogen (secondary N) is 1. The van der Waals surface area contributed by atoms with E-state index in [2.05, 4.69) is 15.2 Å². The van der Waals surface area contributed by atoms with Gasteiger partial charge in [0.25, 0.3) is 0 Å². The van der Waals surface area contributed by atoms with Crippen molar-refractivity contribution in [3.05, 3.63) is 36.0 Å². The number of rotatable bonds is 4. The second-order valence-electron chi connectivity index (χ2n) is 8.26. The Balaban J connectivity index is 1.64. The smallest absolute Gasteiger partial charge is 0.383 e. The van der Waals surface area contributed by atoms with Gasteiger partial charge in [-0.2, -0.15) is 13.2 Å². The molecule has 1 aromatic carbocycles. The Labute approximate surface area is 164 Å². The molecule has 6 heteroatoms. The molecular weight excluding hydrogens is 363 g/mol. The molecule has 1 aliphatic carbocycles. The maximum Gasteiger partial charge on any atom is 0.433 e. The maximum absolute atomic E-state index is 13.4. The molecule has 3 nitrogen and oxygen atoms in total. The number of alkyl halides is 3. The first-order valence-electron chi connectivity index (χ1n) is 10.4. The van der Waals surface area contributed by atoms with Crippen LogP contribution in [0.25, 0.3) is 10.9 Å². The van der Waals surface area contributed by atoms with Crippen LogP contribution in [-0.2, 0) is 6.18 Å². The highest BCUT2D eigenvalue weighted by molar-refractivity contribution is 5.91. The molecule has 0 radical (unpaired) electrons. The van der Waals surface area contributed by atoms with Crippen LogP contribution in [0.2, 0.25) is 0 Å². The highest BCUT2D eigenvalue weighted by Crippen LogP contribution is 2.37. The van der Waals surface area contributed by atoms with Gasteiger partial charge in [-0.05, 0) is 50.9 Å². The molecule has 2 aromatic rings. The van der Waals surface area contributed by atoms with Gasteiger partial charge in [-0.25, -0.2) is 4.98 Å². The Morgan fingerprint density at radius 3 is 2.36 bits per heavy atom. The Morgan fingerprint density at radius 2 is 1.64 bits per heavy atom. The zero-order chi connectivity index (χ0) is 19.6. The number of halogens is 3. The van der Waals surface area contributed by atoms with Crippen molar-refractivity contribution in [1.29, 1.82) is 0 Å². The monoisotopic (exact) mass is 391 g/mol. The number of nitrogens with zero attached hydrogens (tertiary/aromatic N) is 2. The Bertz CT molecular complexity index is 806. The molecule has 0 bridgehead atoms. The quantitative estimate of drug-likeness (QED) is 0.708. The van der Waals surface area contributed by atoms with Gasteiger partial charge in [-0.3, -0.25) is 4.90 Å². The summed E-state index contributed by atoms with van der Waals surface area (Å²) in [4.78, 5) is 6.44. The Hall–Kier alpha value is -1.82. The number of fused-ring (bicyclic) bond motifs is 1. The van der Waals surface area contributed by atoms with Gasteiger partial charge >= 0.3 is 6.18 Å². The van der Waals surface area contributed by atoms with E-state index in [1.165, 1.54) is 44.6 Å². The van der Waals surface area contributed by atoms with Crippen molar-refractivity contribution in [2.24, 2.45) is 0 Å². The van der Waals surface area contributed by atoms with Gasteiger partial charge in [0.1, 0.15) is 5.69 Å². The van der Waals surface area contributed by atoms with Crippen LogP contribution in [0.5, 0.6) is 0 Å². The van der Waals surface area contributed by atoms with Gasteiger partial charge in [-0.1, -0.05) is 43.9 Å². The summed E-state index contributed by atoms with van der Waals surface area (Å²) < 4.78 is 40.1. The second-order valence-corrected chi connectivity index (χ2v) is 8.26. The Kier molecular flexibility index (Phi) is 5.50. The maximum atomic E-state index is 13.4. The highest BCUT2D eigenvalue weighted by Gasteiger charge is 2.39. The summed E-state index contributed by atoms with van der Waals surface area (Å²) in [6.45, 7) is 2.90. The summed E-state index contributed by atoms with van der Waals surface area (Å²) in [7, 11) is 0. The average Bonchev–Trinajstić information content (AvgIpc) is 2.72. The van der Waals surface area contributed by atoms with Crippen LogP contribution in [0.1, 0.15) is 57.1 Å². The number of aromatic nitrogens is 1. The fourth-order valence-corrected chi connectivity index (χ4v) is 4.91. The molecule has 1 saturated heterocycles. The van der Waals surface area contributed by atoms with Gasteiger partial charge in [-0.15, -0.1) is 0 Å². The fourth-order valence-electron chi connectivity index (χ4n) is 4.91. The van der Waals surface area contributed by atoms with Crippen molar-refractivity contribution in [1.82, 2.24) is 9.88 Å². The number of benzene rings is 1. The van der Waals surface area contributed by atoms with Gasteiger partial charge in [0.15, 0.2) is 0 Å². The van der Waals surface area contributed by atoms with E-state index in [0.29, 0.717) is 17.7 Å². The number of piperidine rings is 1. The molecule has 1 aromatic heterocycles. The molecule has 1 N–H and O–H groups in total. The first kappa shape index (κ1) is 19.5. The minimum Gasteiger partial charge on any atom is -0.383 e. The van der Waals surface area contributed by atoms with Crippen LogP contribution in [0.4, 0.5) is 18.9 Å². The number of hydrogen-bond acceptors (Lipinski definition) is 3. The zero-order valence-corrected chi connectivity index (χ0v) is 16.2. The van der Waals surface area contributed by atoms with E-state index in [1.807, 2.05) is 12.1 Å². The highest BCUT2D eigenvalue weighted by atomic mass is 19.4. The number of pyridine rings is 1. The van der Waals surface area contributed by atoms with Crippen LogP contribution in [-0.4, -0.2) is 35.1 Å². The third kappa shape index (κ3) is 3.97. The summed E-state index contributed by atoms with van der Waals surface area (Å²) in [5.74, 6) is 0. The predicted molar refractivity (Wildman–Crippen MR) is 106 cm³/mol. The topological polar surface area (TPSA) is 28.2 Å². The number of hydrogen-bond donors (Lipinski definition) is 1. The summed E-state index contributed by atoms with van der Waals surface area (Å²) in [6, 6.07) is 8.25. The van der Waals surface area contributed by atoms with Crippen molar-refractivity contribution >= 4 is 16.6 Å². The average molecular weight is 391 g/mol. The van der Waals surface area contributed by atoms with Crippen LogP contribution in [0.15, 0.2) is 30.3 Å². The molecule has 0 spiro atoms. The molecule has 0 unspecified atom stereocenters. The lowest BCUT2D eigenvalue weighted by Gasteiger charge is -2.48. The zero-order valence-electron chi connectivity index (χ0n) is 16.2. The normalized spacial score (nSPS) is 21.0. The van der Waals surface area contributed by atoms with Gasteiger partial charge < -0.3 is 5.32 Å². The van der Waals surface area contributed by atoms with Crippen molar-refractivity contribution in [3.8, 4) is 0 Å². The SMILES string of the molecule is FC(F)(F)c1cc(NCC2(N3CCCCC3)CCCCC2)c2ccccc2n1. The third-order valence-corrected chi connectivity index (χ3v) is 6.43. The third-order valence-electron chi connectivity index (χ3n) is 6.43. The van der Waals surface area contributed by atoms with Crippen LogP contribution >= 0.6 is 0 Å². The van der Waals surface area contributed by atoms with Crippen LogP contribution in [0, 0.1) is 0 Å². The molecule has 2 aliphatic rings. The van der Waals surface area contributed by atoms with Crippen molar-refractivity contribution in [3.63, 3.8) is 0 Å². The summed E-state index contributed by atoms with van der Waals surface area (Å²) >= 11 is 0. The van der Waals surface area contributed by atoms with E-state index in [9.17, 15) is 13.2 Å². The summed E-state index contributed by atoms with van der Waals surface area (Å²) in [5.41, 5.74) is 0.154. The van der Waals surface area contributed by atoms with Gasteiger partial charge in [0, 0.05) is 23.2 Å².